The van der Waals surface area contributed by atoms with Gasteiger partial charge in [0, 0.05) is 29.3 Å². The average molecular weight is 557 g/mol. The number of fused-ring (bicyclic) bond motifs is 1. The van der Waals surface area contributed by atoms with Crippen LogP contribution in [-0.2, 0) is 16.6 Å². The highest BCUT2D eigenvalue weighted by atomic mass is 35.5. The summed E-state index contributed by atoms with van der Waals surface area (Å²) in [5.74, 6) is 1.50. The molecule has 0 aliphatic heterocycles. The Labute approximate surface area is 227 Å². The SMILES string of the molecule is COc1ccc(COc2cc3cnccc3nc2NS(=O)(=O)c2cccc(Cl)c2C)cc1OCCN(C)C. The molecule has 0 atom stereocenters. The summed E-state index contributed by atoms with van der Waals surface area (Å²) in [6, 6.07) is 13.6. The van der Waals surface area contributed by atoms with Crippen LogP contribution in [0.1, 0.15) is 11.1 Å². The summed E-state index contributed by atoms with van der Waals surface area (Å²) in [5.41, 5.74) is 1.81. The Kier molecular flexibility index (Phi) is 8.55. The maximum atomic E-state index is 13.3. The van der Waals surface area contributed by atoms with Crippen molar-refractivity contribution in [1.82, 2.24) is 14.9 Å². The number of anilines is 1. The molecule has 38 heavy (non-hydrogen) atoms. The molecule has 4 aromatic rings. The molecule has 11 heteroatoms. The standard InChI is InChI=1S/C27H29ClN4O5S/c1-18-21(28)6-5-7-26(18)38(33,34)31-27-25(15-20-16-29-11-10-22(20)30-27)37-17-19-8-9-23(35-4)24(14-19)36-13-12-32(2)3/h5-11,14-16H,12-13,17H2,1-4H3,(H,30,31). The van der Waals surface area contributed by atoms with E-state index in [1.807, 2.05) is 31.1 Å². The zero-order valence-corrected chi connectivity index (χ0v) is 23.1. The monoisotopic (exact) mass is 556 g/mol. The van der Waals surface area contributed by atoms with Gasteiger partial charge in [0.25, 0.3) is 10.0 Å². The number of hydrogen-bond acceptors (Lipinski definition) is 8. The summed E-state index contributed by atoms with van der Waals surface area (Å²) in [7, 11) is 1.52. The molecule has 0 radical (unpaired) electrons. The predicted molar refractivity (Wildman–Crippen MR) is 148 cm³/mol. The van der Waals surface area contributed by atoms with Gasteiger partial charge >= 0.3 is 0 Å². The van der Waals surface area contributed by atoms with E-state index in [0.717, 1.165) is 12.1 Å². The van der Waals surface area contributed by atoms with Crippen LogP contribution in [0, 0.1) is 6.92 Å². The predicted octanol–water partition coefficient (Wildman–Crippen LogP) is 4.92. The van der Waals surface area contributed by atoms with E-state index >= 15 is 0 Å². The van der Waals surface area contributed by atoms with Gasteiger partial charge in [-0.15, -0.1) is 0 Å². The number of rotatable bonds is 11. The Balaban J connectivity index is 1.63. The molecule has 0 saturated carbocycles. The van der Waals surface area contributed by atoms with Gasteiger partial charge < -0.3 is 19.1 Å². The molecule has 0 spiro atoms. The van der Waals surface area contributed by atoms with Crippen LogP contribution < -0.4 is 18.9 Å². The minimum absolute atomic E-state index is 0.0547. The van der Waals surface area contributed by atoms with E-state index < -0.39 is 10.0 Å². The van der Waals surface area contributed by atoms with Crippen LogP contribution in [0.15, 0.2) is 65.8 Å². The van der Waals surface area contributed by atoms with Crippen LogP contribution >= 0.6 is 11.6 Å². The van der Waals surface area contributed by atoms with Gasteiger partial charge in [0.2, 0.25) is 0 Å². The topological polar surface area (TPSA) is 103 Å². The molecular weight excluding hydrogens is 528 g/mol. The molecule has 2 heterocycles. The van der Waals surface area contributed by atoms with Crippen molar-refractivity contribution in [1.29, 1.82) is 0 Å². The van der Waals surface area contributed by atoms with Crippen molar-refractivity contribution in [3.63, 3.8) is 0 Å². The molecule has 0 saturated heterocycles. The van der Waals surface area contributed by atoms with E-state index in [4.69, 9.17) is 25.8 Å². The lowest BCUT2D eigenvalue weighted by Crippen LogP contribution is -2.19. The molecule has 0 fully saturated rings. The zero-order chi connectivity index (χ0) is 27.3. The Hall–Kier alpha value is -3.60. The number of likely N-dealkylation sites (N-methyl/N-ethyl adjacent to an activating group) is 1. The molecule has 0 bridgehead atoms. The fourth-order valence-corrected chi connectivity index (χ4v) is 5.18. The summed E-state index contributed by atoms with van der Waals surface area (Å²) in [6.07, 6.45) is 3.23. The number of benzene rings is 2. The third kappa shape index (κ3) is 6.45. The number of sulfonamides is 1. The van der Waals surface area contributed by atoms with Gasteiger partial charge in [-0.25, -0.2) is 13.4 Å². The lowest BCUT2D eigenvalue weighted by Gasteiger charge is -2.16. The molecular formula is C27H29ClN4O5S. The smallest absolute Gasteiger partial charge is 0.263 e. The van der Waals surface area contributed by atoms with Crippen molar-refractivity contribution < 1.29 is 22.6 Å². The van der Waals surface area contributed by atoms with E-state index in [1.54, 1.807) is 56.8 Å². The number of nitrogens with one attached hydrogen (secondary N) is 1. The third-order valence-electron chi connectivity index (χ3n) is 5.74. The number of ether oxygens (including phenoxy) is 3. The maximum Gasteiger partial charge on any atom is 0.263 e. The van der Waals surface area contributed by atoms with Crippen LogP contribution in [0.25, 0.3) is 10.9 Å². The third-order valence-corrected chi connectivity index (χ3v) is 7.63. The second-order valence-electron chi connectivity index (χ2n) is 8.80. The van der Waals surface area contributed by atoms with Gasteiger partial charge in [0.1, 0.15) is 13.2 Å². The van der Waals surface area contributed by atoms with Crippen LogP contribution in [0.5, 0.6) is 17.2 Å². The first-order valence-corrected chi connectivity index (χ1v) is 13.6. The summed E-state index contributed by atoms with van der Waals surface area (Å²) in [6.45, 7) is 3.02. The van der Waals surface area contributed by atoms with Gasteiger partial charge in [0.15, 0.2) is 23.1 Å². The molecule has 1 N–H and O–H groups in total. The largest absolute Gasteiger partial charge is 0.493 e. The average Bonchev–Trinajstić information content (AvgIpc) is 2.88. The maximum absolute atomic E-state index is 13.3. The van der Waals surface area contributed by atoms with E-state index in [9.17, 15) is 8.42 Å². The first-order chi connectivity index (χ1) is 18.2. The molecule has 200 valence electrons. The number of nitrogens with zero attached hydrogens (tertiary/aromatic N) is 3. The van der Waals surface area contributed by atoms with Crippen molar-refractivity contribution >= 4 is 38.3 Å². The Bertz CT molecular complexity index is 1550. The Morgan fingerprint density at radius 3 is 2.61 bits per heavy atom. The number of aromatic nitrogens is 2. The highest BCUT2D eigenvalue weighted by Gasteiger charge is 2.22. The van der Waals surface area contributed by atoms with Crippen LogP contribution in [0.3, 0.4) is 0 Å². The van der Waals surface area contributed by atoms with Gasteiger partial charge in [-0.3, -0.25) is 9.71 Å². The lowest BCUT2D eigenvalue weighted by molar-refractivity contribution is 0.249. The van der Waals surface area contributed by atoms with E-state index in [1.165, 1.54) is 6.07 Å². The first kappa shape index (κ1) is 27.4. The van der Waals surface area contributed by atoms with E-state index in [0.29, 0.717) is 39.6 Å². The molecule has 2 aromatic carbocycles. The van der Waals surface area contributed by atoms with Gasteiger partial charge in [0.05, 0.1) is 17.5 Å². The van der Waals surface area contributed by atoms with Crippen molar-refractivity contribution in [3.05, 3.63) is 77.1 Å². The molecule has 0 aliphatic carbocycles. The number of methoxy groups -OCH3 is 1. The zero-order valence-electron chi connectivity index (χ0n) is 21.6. The van der Waals surface area contributed by atoms with E-state index in [2.05, 4.69) is 14.7 Å². The Morgan fingerprint density at radius 2 is 1.84 bits per heavy atom. The van der Waals surface area contributed by atoms with Gasteiger partial charge in [-0.05, 0) is 68.5 Å². The summed E-state index contributed by atoms with van der Waals surface area (Å²) >= 11 is 6.17. The lowest BCUT2D eigenvalue weighted by atomic mass is 10.2. The highest BCUT2D eigenvalue weighted by Crippen LogP contribution is 2.33. The summed E-state index contributed by atoms with van der Waals surface area (Å²) < 4.78 is 46.6. The normalized spacial score (nSPS) is 11.5. The van der Waals surface area contributed by atoms with Crippen molar-refractivity contribution in [3.8, 4) is 17.2 Å². The van der Waals surface area contributed by atoms with Crippen molar-refractivity contribution in [2.24, 2.45) is 0 Å². The van der Waals surface area contributed by atoms with Gasteiger partial charge in [-0.2, -0.15) is 0 Å². The number of halogens is 1. The highest BCUT2D eigenvalue weighted by molar-refractivity contribution is 7.92. The van der Waals surface area contributed by atoms with Crippen molar-refractivity contribution in [2.75, 3.05) is 39.1 Å². The van der Waals surface area contributed by atoms with E-state index in [-0.39, 0.29) is 23.1 Å². The molecule has 9 nitrogen and oxygen atoms in total. The quantitative estimate of drug-likeness (QED) is 0.278. The van der Waals surface area contributed by atoms with Crippen LogP contribution in [0.2, 0.25) is 5.02 Å². The Morgan fingerprint density at radius 1 is 1.03 bits per heavy atom. The second kappa shape index (κ2) is 11.8. The molecule has 4 rings (SSSR count). The summed E-state index contributed by atoms with van der Waals surface area (Å²) in [4.78, 5) is 10.7. The minimum atomic E-state index is -4.01. The molecule has 0 unspecified atom stereocenters. The number of hydrogen-bond donors (Lipinski definition) is 1. The molecule has 2 aromatic heterocycles. The van der Waals surface area contributed by atoms with Crippen LogP contribution in [0.4, 0.5) is 5.82 Å². The van der Waals surface area contributed by atoms with Gasteiger partial charge in [-0.1, -0.05) is 23.7 Å². The first-order valence-electron chi connectivity index (χ1n) is 11.8. The number of pyridine rings is 2. The van der Waals surface area contributed by atoms with Crippen LogP contribution in [-0.4, -0.2) is 57.6 Å². The fourth-order valence-electron chi connectivity index (χ4n) is 3.66. The second-order valence-corrected chi connectivity index (χ2v) is 10.9. The van der Waals surface area contributed by atoms with Crippen molar-refractivity contribution in [2.45, 2.75) is 18.4 Å². The molecule has 0 amide bonds. The molecule has 0 aliphatic rings. The fraction of sp³-hybridized carbons (Fsp3) is 0.259. The minimum Gasteiger partial charge on any atom is -0.493 e. The summed E-state index contributed by atoms with van der Waals surface area (Å²) in [5, 5.41) is 1.05.